The van der Waals surface area contributed by atoms with Gasteiger partial charge in [-0.05, 0) is 79.7 Å². The maximum atomic E-state index is 13.1. The minimum Gasteiger partial charge on any atom is -0.473 e. The minimum absolute atomic E-state index is 0.00392. The van der Waals surface area contributed by atoms with Gasteiger partial charge in [0.15, 0.2) is 17.3 Å². The van der Waals surface area contributed by atoms with E-state index in [-0.39, 0.29) is 64.6 Å². The Labute approximate surface area is 554 Å². The fourth-order valence-electron chi connectivity index (χ4n) is 10.4. The average molecular weight is 1350 g/mol. The van der Waals surface area contributed by atoms with E-state index in [9.17, 15) is 68.3 Å². The van der Waals surface area contributed by atoms with Gasteiger partial charge in [-0.3, -0.25) is 19.2 Å². The van der Waals surface area contributed by atoms with Crippen LogP contribution in [0.25, 0.3) is 4.85 Å². The molecule has 12 rings (SSSR count). The van der Waals surface area contributed by atoms with E-state index in [4.69, 9.17) is 26.5 Å². The van der Waals surface area contributed by atoms with E-state index in [1.54, 1.807) is 109 Å². The monoisotopic (exact) mass is 1350 g/mol. The molecule has 0 saturated carbocycles. The van der Waals surface area contributed by atoms with Crippen molar-refractivity contribution >= 4 is 40.3 Å². The topological polar surface area (TPSA) is 207 Å². The van der Waals surface area contributed by atoms with Gasteiger partial charge in [-0.25, -0.2) is 24.2 Å². The van der Waals surface area contributed by atoms with Crippen LogP contribution >= 0.6 is 0 Å². The maximum absolute atomic E-state index is 13.1. The van der Waals surface area contributed by atoms with Crippen molar-refractivity contribution in [2.75, 3.05) is 49.1 Å². The van der Waals surface area contributed by atoms with Crippen molar-refractivity contribution < 1.29 is 77.3 Å². The highest BCUT2D eigenvalue weighted by Gasteiger charge is 2.35. The molecule has 16 nitrogen and oxygen atoms in total. The van der Waals surface area contributed by atoms with Gasteiger partial charge in [0.2, 0.25) is 23.3 Å². The summed E-state index contributed by atoms with van der Waals surface area (Å²) < 4.78 is 143. The summed E-state index contributed by atoms with van der Waals surface area (Å²) in [6.45, 7) is 10.4. The molecule has 3 atom stereocenters. The molecule has 3 fully saturated rings. The summed E-state index contributed by atoms with van der Waals surface area (Å²) in [7, 11) is 0. The Kier molecular flexibility index (Phi) is 23.0. The number of benzene rings is 6. The molecule has 502 valence electrons. The van der Waals surface area contributed by atoms with E-state index in [0.29, 0.717) is 95.9 Å². The zero-order valence-electron chi connectivity index (χ0n) is 51.5. The molecule has 26 heteroatoms. The number of ketones is 3. The predicted molar refractivity (Wildman–Crippen MR) is 341 cm³/mol. The first kappa shape index (κ1) is 70.8. The van der Waals surface area contributed by atoms with Gasteiger partial charge in [-0.1, -0.05) is 97.1 Å². The molecular formula is C72H57F10N9O7. The van der Waals surface area contributed by atoms with Gasteiger partial charge in [0, 0.05) is 108 Å². The highest BCUT2D eigenvalue weighted by Crippen LogP contribution is 2.35. The Hall–Kier alpha value is -11.5. The first-order chi connectivity index (χ1) is 46.8. The van der Waals surface area contributed by atoms with Crippen molar-refractivity contribution in [1.82, 2.24) is 20.3 Å². The van der Waals surface area contributed by atoms with Gasteiger partial charge in [0.1, 0.15) is 30.2 Å². The third-order valence-corrected chi connectivity index (χ3v) is 15.4. The molecule has 98 heavy (non-hydrogen) atoms. The van der Waals surface area contributed by atoms with Crippen LogP contribution in [0, 0.1) is 23.7 Å². The SMILES string of the molecule is FC(F)(F)c1ccc(O[C@@H]2CCNC2)nc1.N#Cc1cc(C(=O)c2ccccc2)ccc1N1CC[C@@H](Oc2ccc(C(F)(F)F)cn2)C1.NC(=O)c1cc(C(=O)c2ccccc2)ccc1N1CC[C@@H](Oc2ccc(C(F)(F)F)cn2)C1.[C-]#[N+]c1cc(C(=O)c2ccccc2)ccc1F. The van der Waals surface area contributed by atoms with Gasteiger partial charge in [-0.2, -0.15) is 44.8 Å². The van der Waals surface area contributed by atoms with Gasteiger partial charge < -0.3 is 35.1 Å². The Balaban J connectivity index is 0.000000160. The van der Waals surface area contributed by atoms with Crippen LogP contribution in [0.4, 0.5) is 61.0 Å². The minimum atomic E-state index is -4.46. The molecule has 0 radical (unpaired) electrons. The summed E-state index contributed by atoms with van der Waals surface area (Å²) >= 11 is 0. The molecular weight excluding hydrogens is 1290 g/mol. The van der Waals surface area contributed by atoms with Gasteiger partial charge in [-0.15, -0.1) is 0 Å². The highest BCUT2D eigenvalue weighted by molar-refractivity contribution is 6.12. The Morgan fingerprint density at radius 3 is 1.29 bits per heavy atom. The lowest BCUT2D eigenvalue weighted by atomic mass is 9.99. The number of hydrogen-bond donors (Lipinski definition) is 2. The molecule has 3 N–H and O–H groups in total. The number of hydrogen-bond acceptors (Lipinski definition) is 14. The van der Waals surface area contributed by atoms with Gasteiger partial charge in [0.05, 0.1) is 53.2 Å². The Bertz CT molecular complexity index is 4320. The zero-order valence-corrected chi connectivity index (χ0v) is 51.5. The number of rotatable bonds is 15. The normalized spacial score (nSPS) is 15.7. The maximum Gasteiger partial charge on any atom is 0.417 e. The van der Waals surface area contributed by atoms with E-state index in [1.807, 2.05) is 21.9 Å². The summed E-state index contributed by atoms with van der Waals surface area (Å²) in [6, 6.07) is 48.5. The van der Waals surface area contributed by atoms with Crippen LogP contribution in [-0.4, -0.2) is 95.8 Å². The number of halogens is 10. The number of anilines is 2. The van der Waals surface area contributed by atoms with Crippen LogP contribution in [0.1, 0.15) is 99.6 Å². The van der Waals surface area contributed by atoms with E-state index < -0.39 is 46.9 Å². The lowest BCUT2D eigenvalue weighted by Crippen LogP contribution is -2.27. The number of aromatic nitrogens is 3. The number of alkyl halides is 9. The van der Waals surface area contributed by atoms with Crippen molar-refractivity contribution in [1.29, 1.82) is 5.26 Å². The third-order valence-electron chi connectivity index (χ3n) is 15.4. The van der Waals surface area contributed by atoms with Crippen LogP contribution in [-0.2, 0) is 18.5 Å². The quantitative estimate of drug-likeness (QED) is 0.0556. The Morgan fingerprint density at radius 2 is 0.908 bits per heavy atom. The number of nitrogens with zero attached hydrogens (tertiary/aromatic N) is 7. The zero-order chi connectivity index (χ0) is 70.2. The summed E-state index contributed by atoms with van der Waals surface area (Å²) in [4.78, 5) is 67.5. The predicted octanol–water partition coefficient (Wildman–Crippen LogP) is 14.4. The largest absolute Gasteiger partial charge is 0.473 e. The number of amides is 1. The fourth-order valence-corrected chi connectivity index (χ4v) is 10.4. The number of carbonyl (C=O) groups is 4. The third kappa shape index (κ3) is 18.9. The van der Waals surface area contributed by atoms with E-state index in [0.717, 1.165) is 55.8 Å². The summed E-state index contributed by atoms with van der Waals surface area (Å²) in [5.41, 5.74) is 7.52. The number of pyridine rings is 3. The molecule has 3 aliphatic rings. The van der Waals surface area contributed by atoms with Gasteiger partial charge >= 0.3 is 18.5 Å². The van der Waals surface area contributed by atoms with Crippen LogP contribution < -0.4 is 35.1 Å². The molecule has 3 aromatic heterocycles. The summed E-state index contributed by atoms with van der Waals surface area (Å²) in [5.74, 6) is -1.42. The second-order valence-electron chi connectivity index (χ2n) is 22.1. The van der Waals surface area contributed by atoms with Crippen molar-refractivity contribution in [3.05, 3.63) is 279 Å². The van der Waals surface area contributed by atoms with E-state index >= 15 is 0 Å². The molecule has 3 saturated heterocycles. The number of nitrogens with two attached hydrogens (primary N) is 1. The van der Waals surface area contributed by atoms with E-state index in [2.05, 4.69) is 31.2 Å². The van der Waals surface area contributed by atoms with Crippen molar-refractivity contribution in [3.8, 4) is 23.7 Å². The van der Waals surface area contributed by atoms with Gasteiger partial charge in [0.25, 0.3) is 5.91 Å². The summed E-state index contributed by atoms with van der Waals surface area (Å²) in [6.07, 6.45) is -9.55. The molecule has 0 spiro atoms. The van der Waals surface area contributed by atoms with Crippen LogP contribution in [0.3, 0.4) is 0 Å². The fraction of sp³-hybridized carbons (Fsp3) is 0.208. The van der Waals surface area contributed by atoms with Crippen LogP contribution in [0.5, 0.6) is 17.6 Å². The van der Waals surface area contributed by atoms with Crippen molar-refractivity contribution in [2.24, 2.45) is 5.73 Å². The van der Waals surface area contributed by atoms with Crippen molar-refractivity contribution in [2.45, 2.75) is 56.1 Å². The lowest BCUT2D eigenvalue weighted by Gasteiger charge is -2.21. The first-order valence-corrected chi connectivity index (χ1v) is 30.1. The summed E-state index contributed by atoms with van der Waals surface area (Å²) in [5, 5.41) is 12.7. The highest BCUT2D eigenvalue weighted by atomic mass is 19.4. The number of carbonyl (C=O) groups excluding carboxylic acids is 4. The smallest absolute Gasteiger partial charge is 0.417 e. The van der Waals surface area contributed by atoms with Crippen LogP contribution in [0.15, 0.2) is 201 Å². The Morgan fingerprint density at radius 1 is 0.510 bits per heavy atom. The molecule has 3 aliphatic heterocycles. The number of nitriles is 1. The molecule has 0 unspecified atom stereocenters. The second kappa shape index (κ2) is 31.8. The number of primary amides is 1. The average Bonchev–Trinajstić information content (AvgIpc) is 1.57. The van der Waals surface area contributed by atoms with Crippen LogP contribution in [0.2, 0.25) is 0 Å². The lowest BCUT2D eigenvalue weighted by molar-refractivity contribution is -0.138. The standard InChI is InChI=1S/C24H20F3N3O3.C24H18F3N3O2.C14H8FNO.C10H11F3N2O/c25-24(26,27)17-7-9-21(29-13-17)33-18-10-11-30(14-18)20-8-6-16(12-19(20)23(28)32)22(31)15-4-2-1-3-5-15;25-24(26,27)19-7-9-22(29-14-19)32-20-10-11-30(15-20)21-8-6-17(12-18(21)13-28)23(31)16-4-2-1-3-5-16;1-16-13-9-11(7-8-12(13)15)14(17)10-5-3-2-4-6-10;11-10(12,13)7-1-2-9(15-5-7)16-8-3-4-14-6-8/h1-9,12-13,18H,10-11,14H2,(H2,28,32);1-9,12,14,20H,10-11,15H2;2-9H;1-2,5,8,14H,3-4,6H2/t18-;20-;;8-/m11.1/s1. The number of ether oxygens (including phenoxy) is 3. The number of nitrogens with one attached hydrogen (secondary N) is 1. The molecule has 0 bridgehead atoms. The first-order valence-electron chi connectivity index (χ1n) is 30.1. The molecule has 9 aromatic rings. The molecule has 6 heterocycles. The van der Waals surface area contributed by atoms with E-state index in [1.165, 1.54) is 36.4 Å². The molecule has 0 aliphatic carbocycles. The van der Waals surface area contributed by atoms with Crippen molar-refractivity contribution in [3.63, 3.8) is 0 Å². The molecule has 6 aromatic carbocycles. The molecule has 1 amide bonds. The second-order valence-corrected chi connectivity index (χ2v) is 22.1.